The monoisotopic (exact) mass is 363 g/mol. The minimum Gasteiger partial charge on any atom is -0.462 e. The van der Waals surface area contributed by atoms with E-state index in [0.717, 1.165) is 11.8 Å². The van der Waals surface area contributed by atoms with Crippen molar-refractivity contribution >= 4 is 46.4 Å². The topological polar surface area (TPSA) is 149 Å². The number of nitrogens with one attached hydrogen (secondary N) is 1. The van der Waals surface area contributed by atoms with Gasteiger partial charge in [0.2, 0.25) is 5.91 Å². The summed E-state index contributed by atoms with van der Waals surface area (Å²) in [7, 11) is 0. The van der Waals surface area contributed by atoms with Gasteiger partial charge in [0.25, 0.3) is 5.91 Å². The van der Waals surface area contributed by atoms with Gasteiger partial charge in [0.1, 0.15) is 5.25 Å². The van der Waals surface area contributed by atoms with Crippen molar-refractivity contribution in [3.05, 3.63) is 29.8 Å². The van der Waals surface area contributed by atoms with Crippen molar-refractivity contribution in [2.75, 3.05) is 11.9 Å². The van der Waals surface area contributed by atoms with E-state index in [1.165, 1.54) is 0 Å². The highest BCUT2D eigenvalue weighted by Crippen LogP contribution is 2.26. The van der Waals surface area contributed by atoms with Crippen molar-refractivity contribution in [1.29, 1.82) is 0 Å². The number of nitrogens with two attached hydrogens (primary N) is 2. The summed E-state index contributed by atoms with van der Waals surface area (Å²) in [6.45, 7) is 2.01. The molecule has 1 heterocycles. The average molecular weight is 363 g/mol. The number of nitrogens with zero attached hydrogens (tertiary/aromatic N) is 2. The van der Waals surface area contributed by atoms with Gasteiger partial charge in [-0.2, -0.15) is 9.98 Å². The summed E-state index contributed by atoms with van der Waals surface area (Å²) in [4.78, 5) is 42.7. The molecule has 132 valence electrons. The molecule has 0 bridgehead atoms. The van der Waals surface area contributed by atoms with E-state index >= 15 is 0 Å². The van der Waals surface area contributed by atoms with Crippen LogP contribution in [0.25, 0.3) is 0 Å². The second-order valence-electron chi connectivity index (χ2n) is 4.93. The zero-order valence-corrected chi connectivity index (χ0v) is 14.2. The van der Waals surface area contributed by atoms with Crippen molar-refractivity contribution in [2.24, 2.45) is 21.5 Å². The first-order chi connectivity index (χ1) is 11.9. The Morgan fingerprint density at radius 3 is 2.60 bits per heavy atom. The zero-order valence-electron chi connectivity index (χ0n) is 13.4. The summed E-state index contributed by atoms with van der Waals surface area (Å²) < 4.78 is 4.88. The second-order valence-corrected chi connectivity index (χ2v) is 6.10. The number of rotatable bonds is 5. The van der Waals surface area contributed by atoms with Crippen LogP contribution in [0.1, 0.15) is 23.7 Å². The average Bonchev–Trinajstić information content (AvgIpc) is 2.86. The van der Waals surface area contributed by atoms with Crippen LogP contribution in [0.2, 0.25) is 0 Å². The van der Waals surface area contributed by atoms with Crippen molar-refractivity contribution in [1.82, 2.24) is 0 Å². The Morgan fingerprint density at radius 1 is 1.32 bits per heavy atom. The predicted octanol–water partition coefficient (Wildman–Crippen LogP) is 0.463. The maximum absolute atomic E-state index is 12.1. The molecule has 0 saturated carbocycles. The van der Waals surface area contributed by atoms with Crippen LogP contribution in [0.4, 0.5) is 5.69 Å². The zero-order chi connectivity index (χ0) is 18.4. The Balaban J connectivity index is 1.90. The molecular formula is C15H17N5O4S. The number of carbonyl (C=O) groups excluding carboxylic acids is 3. The molecule has 0 aliphatic carbocycles. The van der Waals surface area contributed by atoms with Gasteiger partial charge in [-0.1, -0.05) is 11.8 Å². The molecule has 0 aromatic heterocycles. The third-order valence-corrected chi connectivity index (χ3v) is 4.05. The number of carbonyl (C=O) groups is 3. The summed E-state index contributed by atoms with van der Waals surface area (Å²) in [5, 5.41) is 2.12. The molecule has 1 aliphatic heterocycles. The highest BCUT2D eigenvalue weighted by molar-refractivity contribution is 8.15. The Bertz CT molecular complexity index is 741. The van der Waals surface area contributed by atoms with Gasteiger partial charge < -0.3 is 21.5 Å². The number of guanidine groups is 1. The maximum Gasteiger partial charge on any atom is 0.338 e. The van der Waals surface area contributed by atoms with E-state index in [2.05, 4.69) is 15.3 Å². The van der Waals surface area contributed by atoms with Crippen molar-refractivity contribution in [3.8, 4) is 0 Å². The van der Waals surface area contributed by atoms with Gasteiger partial charge in [0.05, 0.1) is 12.2 Å². The van der Waals surface area contributed by atoms with Crippen LogP contribution in [0.5, 0.6) is 0 Å². The van der Waals surface area contributed by atoms with Crippen molar-refractivity contribution < 1.29 is 19.1 Å². The first kappa shape index (κ1) is 18.5. The summed E-state index contributed by atoms with van der Waals surface area (Å²) in [5.41, 5.74) is 11.3. The Labute approximate surface area is 147 Å². The molecular weight excluding hydrogens is 346 g/mol. The summed E-state index contributed by atoms with van der Waals surface area (Å²) in [6, 6.07) is 6.25. The third-order valence-electron chi connectivity index (χ3n) is 3.00. The highest BCUT2D eigenvalue weighted by Gasteiger charge is 2.30. The lowest BCUT2D eigenvalue weighted by molar-refractivity contribution is -0.121. The molecule has 1 atom stereocenters. The molecule has 2 amide bonds. The molecule has 1 aliphatic rings. The van der Waals surface area contributed by atoms with E-state index in [1.54, 1.807) is 31.2 Å². The number of hydrogen-bond acceptors (Lipinski definition) is 6. The van der Waals surface area contributed by atoms with Crippen LogP contribution in [0.15, 0.2) is 34.3 Å². The molecule has 9 nitrogen and oxygen atoms in total. The minimum absolute atomic E-state index is 0.0733. The fourth-order valence-electron chi connectivity index (χ4n) is 1.95. The largest absolute Gasteiger partial charge is 0.462 e. The molecule has 0 radical (unpaired) electrons. The van der Waals surface area contributed by atoms with Crippen LogP contribution in [0, 0.1) is 0 Å². The molecule has 0 spiro atoms. The number of amides is 2. The SMILES string of the molecule is CCOC(=O)c1ccc(NC(=O)C[C@H]2SC(N=C(N)N)=NC2=O)cc1. The van der Waals surface area contributed by atoms with Gasteiger partial charge in [-0.15, -0.1) is 0 Å². The molecule has 1 aromatic rings. The summed E-state index contributed by atoms with van der Waals surface area (Å²) >= 11 is 1.03. The van der Waals surface area contributed by atoms with Gasteiger partial charge in [-0.25, -0.2) is 4.79 Å². The van der Waals surface area contributed by atoms with Crippen LogP contribution in [0.3, 0.4) is 0 Å². The molecule has 25 heavy (non-hydrogen) atoms. The lowest BCUT2D eigenvalue weighted by Gasteiger charge is -2.08. The first-order valence-electron chi connectivity index (χ1n) is 7.35. The number of amidine groups is 1. The van der Waals surface area contributed by atoms with Crippen LogP contribution in [-0.4, -0.2) is 40.8 Å². The molecule has 10 heteroatoms. The molecule has 2 rings (SSSR count). The van der Waals surface area contributed by atoms with Gasteiger partial charge in [0, 0.05) is 12.1 Å². The number of benzene rings is 1. The van der Waals surface area contributed by atoms with Gasteiger partial charge >= 0.3 is 5.97 Å². The number of esters is 1. The van der Waals surface area contributed by atoms with E-state index < -0.39 is 17.1 Å². The number of aliphatic imine (C=N–C) groups is 2. The number of anilines is 1. The maximum atomic E-state index is 12.1. The standard InChI is InChI=1S/C15H17N5O4S/c1-2-24-13(23)8-3-5-9(6-4-8)18-11(21)7-10-12(22)19-15(25-10)20-14(16)17/h3-6,10H,2,7H2,1H3,(H,18,21)(H4,16,17,19,20,22)/t10-/m1/s1. The Kier molecular flexibility index (Phi) is 6.12. The third kappa shape index (κ3) is 5.31. The quantitative estimate of drug-likeness (QED) is 0.391. The number of ether oxygens (including phenoxy) is 1. The van der Waals surface area contributed by atoms with E-state index in [9.17, 15) is 14.4 Å². The molecule has 1 aromatic carbocycles. The molecule has 0 fully saturated rings. The van der Waals surface area contributed by atoms with E-state index in [4.69, 9.17) is 16.2 Å². The Morgan fingerprint density at radius 2 is 2.00 bits per heavy atom. The molecule has 0 saturated heterocycles. The van der Waals surface area contributed by atoms with E-state index in [1.807, 2.05) is 0 Å². The van der Waals surface area contributed by atoms with Gasteiger partial charge in [0.15, 0.2) is 11.1 Å². The van der Waals surface area contributed by atoms with Crippen LogP contribution < -0.4 is 16.8 Å². The van der Waals surface area contributed by atoms with Crippen LogP contribution >= 0.6 is 11.8 Å². The van der Waals surface area contributed by atoms with Crippen molar-refractivity contribution in [2.45, 2.75) is 18.6 Å². The van der Waals surface area contributed by atoms with Crippen molar-refractivity contribution in [3.63, 3.8) is 0 Å². The lowest BCUT2D eigenvalue weighted by atomic mass is 10.2. The predicted molar refractivity (Wildman–Crippen MR) is 95.3 cm³/mol. The fourth-order valence-corrected chi connectivity index (χ4v) is 2.89. The Hall–Kier alpha value is -2.88. The van der Waals surface area contributed by atoms with Crippen LogP contribution in [-0.2, 0) is 14.3 Å². The van der Waals surface area contributed by atoms with E-state index in [-0.39, 0.29) is 30.1 Å². The highest BCUT2D eigenvalue weighted by atomic mass is 32.2. The second kappa shape index (κ2) is 8.29. The molecule has 5 N–H and O–H groups in total. The molecule has 0 unspecified atom stereocenters. The normalized spacial score (nSPS) is 16.1. The minimum atomic E-state index is -0.670. The lowest BCUT2D eigenvalue weighted by Crippen LogP contribution is -2.23. The first-order valence-corrected chi connectivity index (χ1v) is 8.23. The summed E-state index contributed by atoms with van der Waals surface area (Å²) in [5.74, 6) is -1.46. The van der Waals surface area contributed by atoms with Gasteiger partial charge in [-0.05, 0) is 31.2 Å². The van der Waals surface area contributed by atoms with E-state index in [0.29, 0.717) is 11.3 Å². The number of hydrogen-bond donors (Lipinski definition) is 3. The summed E-state index contributed by atoms with van der Waals surface area (Å²) in [6.07, 6.45) is -0.0733. The fraction of sp³-hybridized carbons (Fsp3) is 0.267. The smallest absolute Gasteiger partial charge is 0.338 e. The number of thioether (sulfide) groups is 1. The van der Waals surface area contributed by atoms with Gasteiger partial charge in [-0.3, -0.25) is 9.59 Å².